The highest BCUT2D eigenvalue weighted by molar-refractivity contribution is 7.91. The summed E-state index contributed by atoms with van der Waals surface area (Å²) in [5.74, 6) is 0.520. The van der Waals surface area contributed by atoms with Crippen LogP contribution in [0.25, 0.3) is 0 Å². The van der Waals surface area contributed by atoms with Crippen molar-refractivity contribution < 1.29 is 13.2 Å². The molecule has 0 aromatic rings. The number of sulfone groups is 1. The zero-order valence-electron chi connectivity index (χ0n) is 10.7. The molecule has 0 aliphatic heterocycles. The van der Waals surface area contributed by atoms with Gasteiger partial charge in [0.05, 0.1) is 12.4 Å². The summed E-state index contributed by atoms with van der Waals surface area (Å²) in [7, 11) is -1.13. The second kappa shape index (κ2) is 8.96. The molecule has 1 N–H and O–H groups in total. The number of hydrogen-bond acceptors (Lipinski definition) is 4. The monoisotopic (exact) mass is 251 g/mol. The maximum atomic E-state index is 11.2. The Hall–Kier alpha value is -0.130. The van der Waals surface area contributed by atoms with E-state index in [2.05, 4.69) is 12.2 Å². The van der Waals surface area contributed by atoms with Crippen LogP contribution in [0.1, 0.15) is 33.1 Å². The van der Waals surface area contributed by atoms with Crippen LogP contribution in [0.4, 0.5) is 0 Å². The van der Waals surface area contributed by atoms with Crippen molar-refractivity contribution in [1.29, 1.82) is 0 Å². The first-order valence-corrected chi connectivity index (χ1v) is 7.80. The Kier molecular flexibility index (Phi) is 8.89. The van der Waals surface area contributed by atoms with E-state index in [9.17, 15) is 8.42 Å². The van der Waals surface area contributed by atoms with E-state index >= 15 is 0 Å². The maximum Gasteiger partial charge on any atom is 0.150 e. The van der Waals surface area contributed by atoms with Crippen LogP contribution in [0.2, 0.25) is 0 Å². The first-order valence-electron chi connectivity index (χ1n) is 5.98. The van der Waals surface area contributed by atoms with Gasteiger partial charge >= 0.3 is 0 Å². The summed E-state index contributed by atoms with van der Waals surface area (Å²) >= 11 is 0. The summed E-state index contributed by atoms with van der Waals surface area (Å²) in [6.07, 6.45) is 2.85. The molecule has 0 bridgehead atoms. The van der Waals surface area contributed by atoms with Crippen LogP contribution in [-0.2, 0) is 14.6 Å². The summed E-state index contributed by atoms with van der Waals surface area (Å²) in [6, 6.07) is 0.347. The molecule has 0 rings (SSSR count). The van der Waals surface area contributed by atoms with E-state index in [0.717, 1.165) is 19.4 Å². The number of hydrogen-bond donors (Lipinski definition) is 1. The molecule has 1 unspecified atom stereocenters. The quantitative estimate of drug-likeness (QED) is 0.593. The Morgan fingerprint density at radius 3 is 2.50 bits per heavy atom. The minimum atomic E-state index is -2.81. The van der Waals surface area contributed by atoms with Gasteiger partial charge in [0.15, 0.2) is 0 Å². The Morgan fingerprint density at radius 2 is 2.00 bits per heavy atom. The van der Waals surface area contributed by atoms with Gasteiger partial charge in [0, 0.05) is 18.9 Å². The van der Waals surface area contributed by atoms with Crippen molar-refractivity contribution in [3.05, 3.63) is 0 Å². The standard InChI is InChI=1S/C11H25NO3S/c1-4-7-11(10-15-3)12-8-6-9-16(13,14)5-2/h11-12H,4-10H2,1-3H3. The molecule has 0 saturated heterocycles. The molecular formula is C11H25NO3S. The zero-order valence-corrected chi connectivity index (χ0v) is 11.5. The van der Waals surface area contributed by atoms with E-state index in [1.54, 1.807) is 14.0 Å². The van der Waals surface area contributed by atoms with Gasteiger partial charge in [-0.2, -0.15) is 0 Å². The summed E-state index contributed by atoms with van der Waals surface area (Å²) in [6.45, 7) is 5.25. The van der Waals surface area contributed by atoms with E-state index in [1.807, 2.05) is 0 Å². The second-order valence-electron chi connectivity index (χ2n) is 3.98. The van der Waals surface area contributed by atoms with Gasteiger partial charge in [-0.1, -0.05) is 20.3 Å². The fraction of sp³-hybridized carbons (Fsp3) is 1.00. The molecule has 5 heteroatoms. The van der Waals surface area contributed by atoms with E-state index in [4.69, 9.17) is 4.74 Å². The van der Waals surface area contributed by atoms with Crippen molar-refractivity contribution in [2.45, 2.75) is 39.2 Å². The molecule has 0 amide bonds. The second-order valence-corrected chi connectivity index (χ2v) is 6.46. The lowest BCUT2D eigenvalue weighted by Gasteiger charge is -2.16. The third kappa shape index (κ3) is 8.07. The molecule has 0 aliphatic carbocycles. The highest BCUT2D eigenvalue weighted by Gasteiger charge is 2.09. The molecular weight excluding hydrogens is 226 g/mol. The molecule has 4 nitrogen and oxygen atoms in total. The van der Waals surface area contributed by atoms with Crippen molar-refractivity contribution in [3.8, 4) is 0 Å². The van der Waals surface area contributed by atoms with Gasteiger partial charge in [0.1, 0.15) is 9.84 Å². The number of nitrogens with one attached hydrogen (secondary N) is 1. The van der Waals surface area contributed by atoms with Crippen LogP contribution in [0.15, 0.2) is 0 Å². The molecule has 16 heavy (non-hydrogen) atoms. The molecule has 0 aromatic heterocycles. The van der Waals surface area contributed by atoms with Crippen LogP contribution in [0.5, 0.6) is 0 Å². The molecule has 0 aromatic carbocycles. The van der Waals surface area contributed by atoms with Gasteiger partial charge < -0.3 is 10.1 Å². The Balaban J connectivity index is 3.69. The molecule has 0 aliphatic rings. The van der Waals surface area contributed by atoms with Crippen molar-refractivity contribution in [2.75, 3.05) is 31.8 Å². The summed E-state index contributed by atoms with van der Waals surface area (Å²) < 4.78 is 27.6. The predicted molar refractivity (Wildman–Crippen MR) is 67.5 cm³/mol. The normalized spacial score (nSPS) is 13.9. The van der Waals surface area contributed by atoms with Gasteiger partial charge in [-0.15, -0.1) is 0 Å². The van der Waals surface area contributed by atoms with E-state index in [-0.39, 0.29) is 11.5 Å². The summed E-state index contributed by atoms with van der Waals surface area (Å²) in [5.41, 5.74) is 0. The fourth-order valence-corrected chi connectivity index (χ4v) is 2.41. The predicted octanol–water partition coefficient (Wildman–Crippen LogP) is 1.22. The fourth-order valence-electron chi connectivity index (χ4n) is 1.54. The van der Waals surface area contributed by atoms with Gasteiger partial charge in [-0.05, 0) is 19.4 Å². The third-order valence-electron chi connectivity index (χ3n) is 2.51. The highest BCUT2D eigenvalue weighted by Crippen LogP contribution is 1.98. The van der Waals surface area contributed by atoms with Gasteiger partial charge in [0.25, 0.3) is 0 Å². The number of ether oxygens (including phenoxy) is 1. The average Bonchev–Trinajstić information content (AvgIpc) is 2.25. The lowest BCUT2D eigenvalue weighted by atomic mass is 10.2. The Labute approximate surface area is 99.7 Å². The molecule has 1 atom stereocenters. The van der Waals surface area contributed by atoms with Crippen LogP contribution >= 0.6 is 0 Å². The zero-order chi connectivity index (χ0) is 12.4. The molecule has 0 saturated carbocycles. The SMILES string of the molecule is CCCC(COC)NCCCS(=O)(=O)CC. The largest absolute Gasteiger partial charge is 0.383 e. The van der Waals surface area contributed by atoms with Crippen molar-refractivity contribution in [1.82, 2.24) is 5.32 Å². The summed E-state index contributed by atoms with van der Waals surface area (Å²) in [5, 5.41) is 3.33. The van der Waals surface area contributed by atoms with Crippen LogP contribution in [0.3, 0.4) is 0 Å². The average molecular weight is 251 g/mol. The molecule has 98 valence electrons. The van der Waals surface area contributed by atoms with E-state index in [1.165, 1.54) is 0 Å². The van der Waals surface area contributed by atoms with Gasteiger partial charge in [-0.25, -0.2) is 8.42 Å². The van der Waals surface area contributed by atoms with E-state index < -0.39 is 9.84 Å². The molecule has 0 spiro atoms. The van der Waals surface area contributed by atoms with Crippen LogP contribution in [0, 0.1) is 0 Å². The number of methoxy groups -OCH3 is 1. The first-order chi connectivity index (χ1) is 7.55. The van der Waals surface area contributed by atoms with Crippen molar-refractivity contribution >= 4 is 9.84 Å². The van der Waals surface area contributed by atoms with E-state index in [0.29, 0.717) is 19.1 Å². The highest BCUT2D eigenvalue weighted by atomic mass is 32.2. The van der Waals surface area contributed by atoms with Crippen LogP contribution in [-0.4, -0.2) is 46.2 Å². The van der Waals surface area contributed by atoms with Gasteiger partial charge in [-0.3, -0.25) is 0 Å². The summed E-state index contributed by atoms with van der Waals surface area (Å²) in [4.78, 5) is 0. The minimum absolute atomic E-state index is 0.240. The van der Waals surface area contributed by atoms with Crippen molar-refractivity contribution in [2.24, 2.45) is 0 Å². The lowest BCUT2D eigenvalue weighted by molar-refractivity contribution is 0.162. The van der Waals surface area contributed by atoms with Gasteiger partial charge in [0.2, 0.25) is 0 Å². The van der Waals surface area contributed by atoms with Crippen LogP contribution < -0.4 is 5.32 Å². The number of rotatable bonds is 10. The minimum Gasteiger partial charge on any atom is -0.383 e. The molecule has 0 radical (unpaired) electrons. The third-order valence-corrected chi connectivity index (χ3v) is 4.30. The maximum absolute atomic E-state index is 11.2. The Morgan fingerprint density at radius 1 is 1.31 bits per heavy atom. The Bertz CT molecular complexity index is 246. The molecule has 0 fully saturated rings. The van der Waals surface area contributed by atoms with Crippen molar-refractivity contribution in [3.63, 3.8) is 0 Å². The smallest absolute Gasteiger partial charge is 0.150 e. The molecule has 0 heterocycles. The topological polar surface area (TPSA) is 55.4 Å². The lowest BCUT2D eigenvalue weighted by Crippen LogP contribution is -2.34. The first kappa shape index (κ1) is 15.9.